The molecule has 1 saturated heterocycles. The van der Waals surface area contributed by atoms with Crippen LogP contribution in [-0.4, -0.2) is 42.2 Å². The summed E-state index contributed by atoms with van der Waals surface area (Å²) in [5.41, 5.74) is 4.55. The minimum absolute atomic E-state index is 0.249. The van der Waals surface area contributed by atoms with Crippen LogP contribution in [0.2, 0.25) is 0 Å². The number of rotatable bonds is 7. The lowest BCUT2D eigenvalue weighted by Crippen LogP contribution is -2.40. The fraction of sp³-hybridized carbons (Fsp3) is 0.348. The van der Waals surface area contributed by atoms with Crippen LogP contribution in [-0.2, 0) is 9.53 Å². The second kappa shape index (κ2) is 9.38. The Morgan fingerprint density at radius 1 is 1.19 bits per heavy atom. The van der Waals surface area contributed by atoms with Gasteiger partial charge in [-0.05, 0) is 43.0 Å². The van der Waals surface area contributed by atoms with Crippen molar-refractivity contribution in [3.8, 4) is 0 Å². The molecule has 1 fully saturated rings. The van der Waals surface area contributed by atoms with Gasteiger partial charge in [0.15, 0.2) is 0 Å². The summed E-state index contributed by atoms with van der Waals surface area (Å²) in [6.07, 6.45) is 3.56. The fourth-order valence-corrected chi connectivity index (χ4v) is 3.56. The van der Waals surface area contributed by atoms with Crippen molar-refractivity contribution in [1.82, 2.24) is 4.90 Å². The minimum atomic E-state index is -0.688. The van der Waals surface area contributed by atoms with Crippen LogP contribution in [0, 0.1) is 12.8 Å². The number of carboxylic acids is 1. The van der Waals surface area contributed by atoms with Gasteiger partial charge in [-0.25, -0.2) is 0 Å². The van der Waals surface area contributed by atoms with Gasteiger partial charge in [-0.3, -0.25) is 9.69 Å². The van der Waals surface area contributed by atoms with E-state index < -0.39 is 5.97 Å². The van der Waals surface area contributed by atoms with Crippen molar-refractivity contribution in [1.29, 1.82) is 0 Å². The highest BCUT2D eigenvalue weighted by molar-refractivity contribution is 5.80. The monoisotopic (exact) mass is 365 g/mol. The first kappa shape index (κ1) is 19.2. The van der Waals surface area contributed by atoms with E-state index in [9.17, 15) is 9.90 Å². The van der Waals surface area contributed by atoms with Crippen LogP contribution in [0.1, 0.15) is 29.5 Å². The topological polar surface area (TPSA) is 49.8 Å². The maximum atomic E-state index is 11.2. The van der Waals surface area contributed by atoms with E-state index in [4.69, 9.17) is 4.74 Å². The Kier molecular flexibility index (Phi) is 6.66. The third-order valence-corrected chi connectivity index (χ3v) is 5.10. The summed E-state index contributed by atoms with van der Waals surface area (Å²) < 4.78 is 5.91. The zero-order valence-corrected chi connectivity index (χ0v) is 15.8. The van der Waals surface area contributed by atoms with Crippen LogP contribution in [0.15, 0.2) is 60.9 Å². The van der Waals surface area contributed by atoms with Gasteiger partial charge in [0, 0.05) is 18.7 Å². The lowest BCUT2D eigenvalue weighted by atomic mass is 9.95. The molecule has 0 unspecified atom stereocenters. The number of piperidine rings is 1. The lowest BCUT2D eigenvalue weighted by Gasteiger charge is -2.30. The van der Waals surface area contributed by atoms with Crippen LogP contribution in [0.5, 0.6) is 0 Å². The second-order valence-electron chi connectivity index (χ2n) is 7.06. The van der Waals surface area contributed by atoms with E-state index in [0.717, 1.165) is 42.6 Å². The number of likely N-dealkylation sites (tertiary alicyclic amines) is 1. The molecule has 1 N–H and O–H groups in total. The van der Waals surface area contributed by atoms with Crippen molar-refractivity contribution in [2.45, 2.75) is 19.8 Å². The molecule has 4 nitrogen and oxygen atoms in total. The zero-order chi connectivity index (χ0) is 19.1. The number of hydrogen-bond donors (Lipinski definition) is 1. The molecule has 3 rings (SSSR count). The molecular formula is C23H27NO3. The van der Waals surface area contributed by atoms with Crippen LogP contribution < -0.4 is 0 Å². The van der Waals surface area contributed by atoms with Gasteiger partial charge in [0.1, 0.15) is 6.61 Å². The molecule has 142 valence electrons. The molecule has 1 aliphatic rings. The van der Waals surface area contributed by atoms with Gasteiger partial charge in [-0.15, -0.1) is 0 Å². The summed E-state index contributed by atoms with van der Waals surface area (Å²) in [4.78, 5) is 13.4. The number of benzene rings is 2. The average Bonchev–Trinajstić information content (AvgIpc) is 2.70. The van der Waals surface area contributed by atoms with E-state index in [1.165, 1.54) is 5.56 Å². The van der Waals surface area contributed by atoms with E-state index in [1.807, 2.05) is 36.6 Å². The maximum absolute atomic E-state index is 11.2. The van der Waals surface area contributed by atoms with Crippen LogP contribution in [0.4, 0.5) is 0 Å². The summed E-state index contributed by atoms with van der Waals surface area (Å²) in [6, 6.07) is 18.5. The molecule has 0 saturated carbocycles. The molecule has 0 aliphatic carbocycles. The van der Waals surface area contributed by atoms with E-state index in [1.54, 1.807) is 0 Å². The van der Waals surface area contributed by atoms with Crippen molar-refractivity contribution in [3.05, 3.63) is 77.5 Å². The highest BCUT2D eigenvalue weighted by Gasteiger charge is 2.24. The number of ether oxygens (including phenoxy) is 1. The minimum Gasteiger partial charge on any atom is -0.499 e. The van der Waals surface area contributed by atoms with Gasteiger partial charge >= 0.3 is 5.97 Å². The fourth-order valence-electron chi connectivity index (χ4n) is 3.56. The standard InChI is InChI=1S/C23H27NO3/c1-18-8-5-6-12-21(18)22(19-9-3-2-4-10-19)17-27-15-14-24-13-7-11-20(16-24)23(25)26/h2-6,8-10,12,17,20H,7,11,13-16H2,1H3,(H,25,26)/t20-/m1/s1. The van der Waals surface area contributed by atoms with Gasteiger partial charge in [0.05, 0.1) is 12.2 Å². The summed E-state index contributed by atoms with van der Waals surface area (Å²) in [5.74, 6) is -0.937. The predicted octanol–water partition coefficient (Wildman–Crippen LogP) is 4.20. The van der Waals surface area contributed by atoms with Gasteiger partial charge < -0.3 is 9.84 Å². The molecule has 4 heteroatoms. The average molecular weight is 365 g/mol. The van der Waals surface area contributed by atoms with Crippen molar-refractivity contribution in [3.63, 3.8) is 0 Å². The molecule has 0 spiro atoms. The third-order valence-electron chi connectivity index (χ3n) is 5.10. The number of carboxylic acid groups (broad SMARTS) is 1. The zero-order valence-electron chi connectivity index (χ0n) is 15.8. The predicted molar refractivity (Wildman–Crippen MR) is 107 cm³/mol. The van der Waals surface area contributed by atoms with Crippen LogP contribution in [0.3, 0.4) is 0 Å². The van der Waals surface area contributed by atoms with Crippen molar-refractivity contribution < 1.29 is 14.6 Å². The molecule has 2 aromatic rings. The quantitative estimate of drug-likeness (QED) is 0.590. The molecule has 1 aliphatic heterocycles. The van der Waals surface area contributed by atoms with Crippen molar-refractivity contribution in [2.24, 2.45) is 5.92 Å². The van der Waals surface area contributed by atoms with Gasteiger partial charge in [-0.1, -0.05) is 54.6 Å². The Hall–Kier alpha value is -2.59. The Morgan fingerprint density at radius 3 is 2.67 bits per heavy atom. The molecule has 0 radical (unpaired) electrons. The first-order valence-corrected chi connectivity index (χ1v) is 9.53. The lowest BCUT2D eigenvalue weighted by molar-refractivity contribution is -0.143. The summed E-state index contributed by atoms with van der Waals surface area (Å²) >= 11 is 0. The number of carbonyl (C=O) groups is 1. The molecule has 0 bridgehead atoms. The van der Waals surface area contributed by atoms with Gasteiger partial charge in [-0.2, -0.15) is 0 Å². The van der Waals surface area contributed by atoms with E-state index >= 15 is 0 Å². The second-order valence-corrected chi connectivity index (χ2v) is 7.06. The molecule has 0 amide bonds. The molecule has 0 aromatic heterocycles. The Bertz CT molecular complexity index is 785. The normalized spacial score (nSPS) is 18.3. The number of nitrogens with zero attached hydrogens (tertiary/aromatic N) is 1. The van der Waals surface area contributed by atoms with Crippen molar-refractivity contribution >= 4 is 11.5 Å². The maximum Gasteiger partial charge on any atom is 0.307 e. The first-order chi connectivity index (χ1) is 13.1. The van der Waals surface area contributed by atoms with E-state index in [2.05, 4.69) is 36.1 Å². The first-order valence-electron chi connectivity index (χ1n) is 9.53. The molecule has 1 atom stereocenters. The summed E-state index contributed by atoms with van der Waals surface area (Å²) in [5, 5.41) is 9.21. The number of aliphatic carboxylic acids is 1. The Morgan fingerprint density at radius 2 is 1.93 bits per heavy atom. The SMILES string of the molecule is Cc1ccccc1C(=COCCN1CCC[C@@H](C(=O)O)C1)c1ccccc1. The molecular weight excluding hydrogens is 338 g/mol. The van der Waals surface area contributed by atoms with E-state index in [-0.39, 0.29) is 5.92 Å². The van der Waals surface area contributed by atoms with Crippen molar-refractivity contribution in [2.75, 3.05) is 26.2 Å². The Balaban J connectivity index is 1.66. The molecule has 2 aromatic carbocycles. The van der Waals surface area contributed by atoms with Gasteiger partial charge in [0.2, 0.25) is 0 Å². The smallest absolute Gasteiger partial charge is 0.307 e. The molecule has 27 heavy (non-hydrogen) atoms. The largest absolute Gasteiger partial charge is 0.499 e. The Labute approximate surface area is 161 Å². The highest BCUT2D eigenvalue weighted by atomic mass is 16.5. The van der Waals surface area contributed by atoms with Crippen LogP contribution >= 0.6 is 0 Å². The highest BCUT2D eigenvalue weighted by Crippen LogP contribution is 2.26. The number of hydrogen-bond acceptors (Lipinski definition) is 3. The summed E-state index contributed by atoms with van der Waals surface area (Å²) in [7, 11) is 0. The summed E-state index contributed by atoms with van der Waals surface area (Å²) in [6.45, 7) is 4.96. The molecule has 1 heterocycles. The van der Waals surface area contributed by atoms with Gasteiger partial charge in [0.25, 0.3) is 0 Å². The van der Waals surface area contributed by atoms with Crippen LogP contribution in [0.25, 0.3) is 5.57 Å². The van der Waals surface area contributed by atoms with E-state index in [0.29, 0.717) is 13.2 Å². The third kappa shape index (κ3) is 5.20. The number of aryl methyl sites for hydroxylation is 1.